The van der Waals surface area contributed by atoms with Crippen LogP contribution in [0.15, 0.2) is 22.7 Å². The molecule has 4 nitrogen and oxygen atoms in total. The van der Waals surface area contributed by atoms with Crippen LogP contribution in [0, 0.1) is 0 Å². The van der Waals surface area contributed by atoms with E-state index in [2.05, 4.69) is 21.2 Å². The minimum atomic E-state index is -0.806. The quantitative estimate of drug-likeness (QED) is 0.793. The SMILES string of the molecule is CC(=O)Nc1c(Br)cccc1C(O)C(C)N. The van der Waals surface area contributed by atoms with Crippen LogP contribution in [-0.4, -0.2) is 17.1 Å². The number of anilines is 1. The first-order chi connectivity index (χ1) is 7.43. The number of para-hydroxylation sites is 1. The van der Waals surface area contributed by atoms with E-state index in [4.69, 9.17) is 5.73 Å². The number of halogens is 1. The van der Waals surface area contributed by atoms with Gasteiger partial charge in [-0.2, -0.15) is 0 Å². The maximum atomic E-state index is 11.1. The molecule has 2 unspecified atom stereocenters. The molecule has 0 aliphatic heterocycles. The Kier molecular flexibility index (Phi) is 4.46. The lowest BCUT2D eigenvalue weighted by atomic mass is 10.0. The zero-order valence-corrected chi connectivity index (χ0v) is 10.8. The van der Waals surface area contributed by atoms with Crippen LogP contribution in [0.3, 0.4) is 0 Å². The fraction of sp³-hybridized carbons (Fsp3) is 0.364. The van der Waals surface area contributed by atoms with Gasteiger partial charge in [-0.05, 0) is 28.9 Å². The molecule has 0 spiro atoms. The minimum absolute atomic E-state index is 0.190. The van der Waals surface area contributed by atoms with Gasteiger partial charge in [-0.1, -0.05) is 12.1 Å². The van der Waals surface area contributed by atoms with Crippen molar-refractivity contribution in [1.82, 2.24) is 0 Å². The van der Waals surface area contributed by atoms with E-state index >= 15 is 0 Å². The summed E-state index contributed by atoms with van der Waals surface area (Å²) >= 11 is 3.33. The highest BCUT2D eigenvalue weighted by Gasteiger charge is 2.18. The van der Waals surface area contributed by atoms with E-state index in [1.54, 1.807) is 25.1 Å². The minimum Gasteiger partial charge on any atom is -0.387 e. The number of carbonyl (C=O) groups excluding carboxylic acids is 1. The maximum Gasteiger partial charge on any atom is 0.221 e. The third-order valence-corrected chi connectivity index (χ3v) is 2.82. The average Bonchev–Trinajstić information content (AvgIpc) is 2.19. The van der Waals surface area contributed by atoms with E-state index in [9.17, 15) is 9.90 Å². The molecule has 1 amide bonds. The smallest absolute Gasteiger partial charge is 0.221 e. The van der Waals surface area contributed by atoms with E-state index < -0.39 is 12.1 Å². The predicted molar refractivity (Wildman–Crippen MR) is 67.1 cm³/mol. The highest BCUT2D eigenvalue weighted by atomic mass is 79.9. The van der Waals surface area contributed by atoms with Gasteiger partial charge in [0, 0.05) is 23.0 Å². The number of aliphatic hydroxyl groups is 1. The van der Waals surface area contributed by atoms with Crippen molar-refractivity contribution < 1.29 is 9.90 Å². The molecule has 0 aliphatic carbocycles. The largest absolute Gasteiger partial charge is 0.387 e. The summed E-state index contributed by atoms with van der Waals surface area (Å²) in [6, 6.07) is 4.92. The Morgan fingerprint density at radius 2 is 2.19 bits per heavy atom. The molecule has 0 saturated heterocycles. The summed E-state index contributed by atoms with van der Waals surface area (Å²) in [7, 11) is 0. The molecule has 16 heavy (non-hydrogen) atoms. The lowest BCUT2D eigenvalue weighted by Gasteiger charge is -2.19. The van der Waals surface area contributed by atoms with Crippen LogP contribution < -0.4 is 11.1 Å². The zero-order valence-electron chi connectivity index (χ0n) is 9.20. The Balaban J connectivity index is 3.17. The van der Waals surface area contributed by atoms with Crippen LogP contribution in [-0.2, 0) is 4.79 Å². The number of carbonyl (C=O) groups is 1. The number of nitrogens with two attached hydrogens (primary N) is 1. The summed E-state index contributed by atoms with van der Waals surface area (Å²) in [5.74, 6) is -0.190. The molecule has 0 bridgehead atoms. The molecular weight excluding hydrogens is 272 g/mol. The Labute approximate surface area is 103 Å². The first-order valence-corrected chi connectivity index (χ1v) is 5.72. The summed E-state index contributed by atoms with van der Waals surface area (Å²) in [6.45, 7) is 3.13. The molecule has 0 heterocycles. The van der Waals surface area contributed by atoms with E-state index in [0.717, 1.165) is 4.47 Å². The molecule has 0 radical (unpaired) electrons. The highest BCUT2D eigenvalue weighted by molar-refractivity contribution is 9.10. The van der Waals surface area contributed by atoms with E-state index in [1.807, 2.05) is 0 Å². The van der Waals surface area contributed by atoms with E-state index in [-0.39, 0.29) is 5.91 Å². The van der Waals surface area contributed by atoms with Crippen LogP contribution in [0.4, 0.5) is 5.69 Å². The molecule has 1 aromatic rings. The van der Waals surface area contributed by atoms with Crippen LogP contribution in [0.1, 0.15) is 25.5 Å². The first-order valence-electron chi connectivity index (χ1n) is 4.93. The summed E-state index contributed by atoms with van der Waals surface area (Å²) < 4.78 is 0.722. The van der Waals surface area contributed by atoms with Crippen molar-refractivity contribution in [3.8, 4) is 0 Å². The van der Waals surface area contributed by atoms with Gasteiger partial charge in [-0.15, -0.1) is 0 Å². The summed E-state index contributed by atoms with van der Waals surface area (Å²) in [5, 5.41) is 12.6. The van der Waals surface area contributed by atoms with Gasteiger partial charge in [0.2, 0.25) is 5.91 Å². The third-order valence-electron chi connectivity index (χ3n) is 2.16. The Morgan fingerprint density at radius 1 is 1.56 bits per heavy atom. The highest BCUT2D eigenvalue weighted by Crippen LogP contribution is 2.31. The summed E-state index contributed by atoms with van der Waals surface area (Å²) in [4.78, 5) is 11.1. The number of rotatable bonds is 3. The molecule has 1 aromatic carbocycles. The van der Waals surface area contributed by atoms with Crippen LogP contribution in [0.5, 0.6) is 0 Å². The van der Waals surface area contributed by atoms with Gasteiger partial charge in [0.25, 0.3) is 0 Å². The lowest BCUT2D eigenvalue weighted by molar-refractivity contribution is -0.114. The molecule has 2 atom stereocenters. The van der Waals surface area contributed by atoms with Gasteiger partial charge in [-0.25, -0.2) is 0 Å². The third kappa shape index (κ3) is 3.04. The topological polar surface area (TPSA) is 75.3 Å². The molecule has 0 aromatic heterocycles. The Morgan fingerprint density at radius 3 is 2.69 bits per heavy atom. The number of benzene rings is 1. The molecule has 4 N–H and O–H groups in total. The van der Waals surface area contributed by atoms with Crippen molar-refractivity contribution >= 4 is 27.5 Å². The van der Waals surface area contributed by atoms with Gasteiger partial charge in [0.15, 0.2) is 0 Å². The molecule has 0 saturated carbocycles. The zero-order chi connectivity index (χ0) is 12.3. The van der Waals surface area contributed by atoms with E-state index in [0.29, 0.717) is 11.3 Å². The van der Waals surface area contributed by atoms with Crippen molar-refractivity contribution in [1.29, 1.82) is 0 Å². The number of nitrogens with one attached hydrogen (secondary N) is 1. The van der Waals surface area contributed by atoms with Gasteiger partial charge < -0.3 is 16.2 Å². The van der Waals surface area contributed by atoms with Crippen LogP contribution in [0.25, 0.3) is 0 Å². The standard InChI is InChI=1S/C11H15BrN2O2/c1-6(13)11(16)8-4-3-5-9(12)10(8)14-7(2)15/h3-6,11,16H,13H2,1-2H3,(H,14,15). The number of hydrogen-bond donors (Lipinski definition) is 3. The normalized spacial score (nSPS) is 14.3. The predicted octanol–water partition coefficient (Wildman–Crippen LogP) is 1.79. The lowest BCUT2D eigenvalue weighted by Crippen LogP contribution is -2.25. The average molecular weight is 287 g/mol. The molecule has 1 rings (SSSR count). The van der Waals surface area contributed by atoms with Crippen LogP contribution >= 0.6 is 15.9 Å². The second-order valence-corrected chi connectivity index (χ2v) is 4.54. The maximum absolute atomic E-state index is 11.1. The fourth-order valence-electron chi connectivity index (χ4n) is 1.38. The number of hydrogen-bond acceptors (Lipinski definition) is 3. The monoisotopic (exact) mass is 286 g/mol. The van der Waals surface area contributed by atoms with Crippen molar-refractivity contribution in [3.63, 3.8) is 0 Å². The second kappa shape index (κ2) is 5.43. The van der Waals surface area contributed by atoms with Gasteiger partial charge >= 0.3 is 0 Å². The molecule has 88 valence electrons. The summed E-state index contributed by atoms with van der Waals surface area (Å²) in [6.07, 6.45) is -0.806. The van der Waals surface area contributed by atoms with Crippen molar-refractivity contribution in [3.05, 3.63) is 28.2 Å². The number of aliphatic hydroxyl groups excluding tert-OH is 1. The van der Waals surface area contributed by atoms with Crippen molar-refractivity contribution in [2.45, 2.75) is 26.0 Å². The van der Waals surface area contributed by atoms with E-state index in [1.165, 1.54) is 6.92 Å². The molecule has 5 heteroatoms. The van der Waals surface area contributed by atoms with Crippen LogP contribution in [0.2, 0.25) is 0 Å². The Bertz CT molecular complexity index is 394. The number of amides is 1. The Hall–Kier alpha value is -0.910. The molecule has 0 aliphatic rings. The van der Waals surface area contributed by atoms with Crippen molar-refractivity contribution in [2.75, 3.05) is 5.32 Å². The fourth-order valence-corrected chi connectivity index (χ4v) is 1.86. The van der Waals surface area contributed by atoms with Gasteiger partial charge in [-0.3, -0.25) is 4.79 Å². The first kappa shape index (κ1) is 13.2. The second-order valence-electron chi connectivity index (χ2n) is 3.69. The molecular formula is C11H15BrN2O2. The van der Waals surface area contributed by atoms with Gasteiger partial charge in [0.1, 0.15) is 0 Å². The molecule has 0 fully saturated rings. The van der Waals surface area contributed by atoms with Crippen molar-refractivity contribution in [2.24, 2.45) is 5.73 Å². The van der Waals surface area contributed by atoms with Gasteiger partial charge in [0.05, 0.1) is 11.8 Å². The summed E-state index contributed by atoms with van der Waals surface area (Å²) in [5.41, 5.74) is 6.82.